The average Bonchev–Trinajstić information content (AvgIpc) is 2.42. The SMILES string of the molecule is C=C(C)CC(NC)c1ccc(OC)c(OC)c1OC. The molecule has 0 bridgehead atoms. The predicted molar refractivity (Wildman–Crippen MR) is 77.3 cm³/mol. The van der Waals surface area contributed by atoms with Crippen molar-refractivity contribution in [3.63, 3.8) is 0 Å². The lowest BCUT2D eigenvalue weighted by molar-refractivity contribution is 0.319. The van der Waals surface area contributed by atoms with Crippen LogP contribution in [0.1, 0.15) is 24.9 Å². The maximum Gasteiger partial charge on any atom is 0.203 e. The van der Waals surface area contributed by atoms with Gasteiger partial charge in [-0.25, -0.2) is 0 Å². The van der Waals surface area contributed by atoms with E-state index in [0.717, 1.165) is 17.6 Å². The van der Waals surface area contributed by atoms with Crippen molar-refractivity contribution in [3.8, 4) is 17.2 Å². The van der Waals surface area contributed by atoms with Crippen molar-refractivity contribution in [3.05, 3.63) is 29.8 Å². The Bertz CT molecular complexity index is 443. The highest BCUT2D eigenvalue weighted by atomic mass is 16.5. The minimum Gasteiger partial charge on any atom is -0.493 e. The Morgan fingerprint density at radius 2 is 1.79 bits per heavy atom. The molecule has 0 heterocycles. The highest BCUT2D eigenvalue weighted by Gasteiger charge is 2.21. The minimum absolute atomic E-state index is 0.132. The fraction of sp³-hybridized carbons (Fsp3) is 0.467. The van der Waals surface area contributed by atoms with Gasteiger partial charge in [-0.3, -0.25) is 0 Å². The van der Waals surface area contributed by atoms with E-state index in [4.69, 9.17) is 14.2 Å². The monoisotopic (exact) mass is 265 g/mol. The third-order valence-electron chi connectivity index (χ3n) is 3.01. The summed E-state index contributed by atoms with van der Waals surface area (Å²) in [4.78, 5) is 0. The summed E-state index contributed by atoms with van der Waals surface area (Å²) in [6.07, 6.45) is 0.836. The van der Waals surface area contributed by atoms with E-state index in [0.29, 0.717) is 17.2 Å². The van der Waals surface area contributed by atoms with Gasteiger partial charge in [0.1, 0.15) is 0 Å². The zero-order chi connectivity index (χ0) is 14.4. The molecule has 0 fully saturated rings. The number of hydrogen-bond donors (Lipinski definition) is 1. The number of nitrogens with one attached hydrogen (secondary N) is 1. The van der Waals surface area contributed by atoms with E-state index in [9.17, 15) is 0 Å². The van der Waals surface area contributed by atoms with Crippen LogP contribution in [0.2, 0.25) is 0 Å². The second-order valence-corrected chi connectivity index (χ2v) is 4.43. The van der Waals surface area contributed by atoms with Gasteiger partial charge in [0, 0.05) is 11.6 Å². The number of ether oxygens (including phenoxy) is 3. The molecular formula is C15H23NO3. The van der Waals surface area contributed by atoms with Gasteiger partial charge in [0.15, 0.2) is 11.5 Å². The molecule has 4 nitrogen and oxygen atoms in total. The smallest absolute Gasteiger partial charge is 0.203 e. The van der Waals surface area contributed by atoms with E-state index in [1.165, 1.54) is 0 Å². The molecule has 19 heavy (non-hydrogen) atoms. The molecule has 0 aliphatic rings. The summed E-state index contributed by atoms with van der Waals surface area (Å²) in [5.74, 6) is 1.97. The van der Waals surface area contributed by atoms with Crippen molar-refractivity contribution in [1.29, 1.82) is 0 Å². The summed E-state index contributed by atoms with van der Waals surface area (Å²) in [6, 6.07) is 4.01. The van der Waals surface area contributed by atoms with Crippen LogP contribution in [0.5, 0.6) is 17.2 Å². The third-order valence-corrected chi connectivity index (χ3v) is 3.01. The Morgan fingerprint density at radius 3 is 2.21 bits per heavy atom. The van der Waals surface area contributed by atoms with Crippen LogP contribution in [0.25, 0.3) is 0 Å². The van der Waals surface area contributed by atoms with Crippen molar-refractivity contribution in [2.24, 2.45) is 0 Å². The number of methoxy groups -OCH3 is 3. The van der Waals surface area contributed by atoms with Gasteiger partial charge >= 0.3 is 0 Å². The van der Waals surface area contributed by atoms with Crippen molar-refractivity contribution in [2.45, 2.75) is 19.4 Å². The molecule has 0 aliphatic heterocycles. The van der Waals surface area contributed by atoms with Crippen LogP contribution in [0.4, 0.5) is 0 Å². The molecule has 0 radical (unpaired) electrons. The first-order chi connectivity index (χ1) is 9.08. The average molecular weight is 265 g/mol. The number of benzene rings is 1. The Labute approximate surface area is 115 Å². The summed E-state index contributed by atoms with van der Waals surface area (Å²) in [5.41, 5.74) is 2.14. The Hall–Kier alpha value is -1.68. The lowest BCUT2D eigenvalue weighted by Gasteiger charge is -2.22. The summed E-state index contributed by atoms with van der Waals surface area (Å²) in [5, 5.41) is 3.28. The van der Waals surface area contributed by atoms with Crippen LogP contribution in [-0.4, -0.2) is 28.4 Å². The first kappa shape index (κ1) is 15.4. The second-order valence-electron chi connectivity index (χ2n) is 4.43. The summed E-state index contributed by atoms with van der Waals surface area (Å²) in [7, 11) is 6.77. The van der Waals surface area contributed by atoms with E-state index in [1.54, 1.807) is 21.3 Å². The van der Waals surface area contributed by atoms with E-state index < -0.39 is 0 Å². The molecule has 0 aromatic heterocycles. The maximum atomic E-state index is 5.50. The minimum atomic E-state index is 0.132. The van der Waals surface area contributed by atoms with E-state index in [2.05, 4.69) is 11.9 Å². The maximum absolute atomic E-state index is 5.50. The molecule has 0 saturated heterocycles. The molecule has 1 unspecified atom stereocenters. The Balaban J connectivity index is 3.29. The molecule has 1 aromatic carbocycles. The van der Waals surface area contributed by atoms with Crippen molar-refractivity contribution < 1.29 is 14.2 Å². The zero-order valence-electron chi connectivity index (χ0n) is 12.4. The molecule has 4 heteroatoms. The van der Waals surface area contributed by atoms with Crippen molar-refractivity contribution in [1.82, 2.24) is 5.32 Å². The van der Waals surface area contributed by atoms with Gasteiger partial charge in [0.25, 0.3) is 0 Å². The largest absolute Gasteiger partial charge is 0.493 e. The molecule has 0 aliphatic carbocycles. The predicted octanol–water partition coefficient (Wildman–Crippen LogP) is 2.94. The van der Waals surface area contributed by atoms with E-state index in [1.807, 2.05) is 26.1 Å². The van der Waals surface area contributed by atoms with Gasteiger partial charge in [-0.15, -0.1) is 6.58 Å². The summed E-state index contributed by atoms with van der Waals surface area (Å²) in [6.45, 7) is 5.97. The topological polar surface area (TPSA) is 39.7 Å². The normalized spacial score (nSPS) is 11.8. The van der Waals surface area contributed by atoms with Crippen LogP contribution in [-0.2, 0) is 0 Å². The molecule has 0 saturated carbocycles. The highest BCUT2D eigenvalue weighted by molar-refractivity contribution is 5.56. The van der Waals surface area contributed by atoms with E-state index in [-0.39, 0.29) is 6.04 Å². The van der Waals surface area contributed by atoms with Gasteiger partial charge in [-0.05, 0) is 32.5 Å². The van der Waals surface area contributed by atoms with Gasteiger partial charge in [0.05, 0.1) is 21.3 Å². The van der Waals surface area contributed by atoms with Crippen molar-refractivity contribution >= 4 is 0 Å². The Kier molecular flexibility index (Phi) is 5.70. The van der Waals surface area contributed by atoms with Crippen LogP contribution in [0, 0.1) is 0 Å². The molecule has 1 atom stereocenters. The lowest BCUT2D eigenvalue weighted by atomic mass is 9.99. The molecule has 1 N–H and O–H groups in total. The number of hydrogen-bond acceptors (Lipinski definition) is 4. The van der Waals surface area contributed by atoms with Crippen LogP contribution in [0.3, 0.4) is 0 Å². The number of rotatable bonds is 7. The van der Waals surface area contributed by atoms with Crippen LogP contribution >= 0.6 is 0 Å². The van der Waals surface area contributed by atoms with E-state index >= 15 is 0 Å². The lowest BCUT2D eigenvalue weighted by Crippen LogP contribution is -2.17. The molecule has 0 spiro atoms. The van der Waals surface area contributed by atoms with Crippen LogP contribution < -0.4 is 19.5 Å². The zero-order valence-corrected chi connectivity index (χ0v) is 12.4. The highest BCUT2D eigenvalue weighted by Crippen LogP contribution is 2.42. The first-order valence-electron chi connectivity index (χ1n) is 6.19. The van der Waals surface area contributed by atoms with Gasteiger partial charge in [-0.2, -0.15) is 0 Å². The molecule has 1 aromatic rings. The summed E-state index contributed by atoms with van der Waals surface area (Å²) < 4.78 is 16.2. The quantitative estimate of drug-likeness (QED) is 0.769. The van der Waals surface area contributed by atoms with Gasteiger partial charge in [-0.1, -0.05) is 5.57 Å². The fourth-order valence-electron chi connectivity index (χ4n) is 2.11. The molecule has 0 amide bonds. The molecule has 106 valence electrons. The van der Waals surface area contributed by atoms with Gasteiger partial charge < -0.3 is 19.5 Å². The molecular weight excluding hydrogens is 242 g/mol. The van der Waals surface area contributed by atoms with Gasteiger partial charge in [0.2, 0.25) is 5.75 Å². The third kappa shape index (κ3) is 3.41. The standard InChI is InChI=1S/C15H23NO3/c1-10(2)9-12(16-3)11-7-8-13(17-4)15(19-6)14(11)18-5/h7-8,12,16H,1,9H2,2-6H3. The Morgan fingerprint density at radius 1 is 1.16 bits per heavy atom. The molecule has 1 rings (SSSR count). The fourth-order valence-corrected chi connectivity index (χ4v) is 2.11. The second kappa shape index (κ2) is 7.04. The van der Waals surface area contributed by atoms with Crippen LogP contribution in [0.15, 0.2) is 24.3 Å². The first-order valence-corrected chi connectivity index (χ1v) is 6.19. The van der Waals surface area contributed by atoms with Crippen molar-refractivity contribution in [2.75, 3.05) is 28.4 Å². The summed E-state index contributed by atoms with van der Waals surface area (Å²) >= 11 is 0.